The van der Waals surface area contributed by atoms with E-state index < -0.39 is 0 Å². The van der Waals surface area contributed by atoms with Gasteiger partial charge in [-0.25, -0.2) is 4.39 Å². The molecule has 0 amide bonds. The smallest absolute Gasteiger partial charge is 0.179 e. The van der Waals surface area contributed by atoms with Crippen molar-refractivity contribution in [3.63, 3.8) is 0 Å². The van der Waals surface area contributed by atoms with E-state index in [0.717, 1.165) is 20.8 Å². The molecule has 1 unspecified atom stereocenters. The molecule has 1 aromatic carbocycles. The lowest BCUT2D eigenvalue weighted by Gasteiger charge is -2.17. The summed E-state index contributed by atoms with van der Waals surface area (Å²) >= 11 is 2.99. The van der Waals surface area contributed by atoms with Gasteiger partial charge in [0.05, 0.1) is 0 Å². The van der Waals surface area contributed by atoms with Crippen LogP contribution in [0.2, 0.25) is 0 Å². The standard InChI is InChI=1S/C13H16FN3S2/c1-4-15-8(2)12-10(14)6-5-7-11(12)19-13-17-16-9(3)18-13/h5-8,15H,4H2,1-3H3. The Bertz CT molecular complexity index is 557. The molecule has 102 valence electrons. The minimum atomic E-state index is -0.181. The second-order valence-electron chi connectivity index (χ2n) is 4.12. The summed E-state index contributed by atoms with van der Waals surface area (Å²) in [5.74, 6) is -0.181. The first kappa shape index (κ1) is 14.4. The molecule has 0 radical (unpaired) electrons. The van der Waals surface area contributed by atoms with Crippen LogP contribution >= 0.6 is 23.1 Å². The first-order chi connectivity index (χ1) is 9.11. The lowest BCUT2D eigenvalue weighted by Crippen LogP contribution is -2.19. The molecular weight excluding hydrogens is 281 g/mol. The van der Waals surface area contributed by atoms with E-state index in [1.54, 1.807) is 6.07 Å². The molecule has 19 heavy (non-hydrogen) atoms. The Morgan fingerprint density at radius 2 is 2.21 bits per heavy atom. The Hall–Kier alpha value is -0.980. The molecular formula is C13H16FN3S2. The first-order valence-corrected chi connectivity index (χ1v) is 7.75. The molecule has 3 nitrogen and oxygen atoms in total. The van der Waals surface area contributed by atoms with Crippen LogP contribution in [-0.4, -0.2) is 16.7 Å². The van der Waals surface area contributed by atoms with Crippen molar-refractivity contribution >= 4 is 23.1 Å². The molecule has 0 saturated carbocycles. The number of hydrogen-bond acceptors (Lipinski definition) is 5. The van der Waals surface area contributed by atoms with Crippen LogP contribution in [0.4, 0.5) is 4.39 Å². The summed E-state index contributed by atoms with van der Waals surface area (Å²) in [6.45, 7) is 6.70. The Labute approximate surface area is 120 Å². The van der Waals surface area contributed by atoms with E-state index in [9.17, 15) is 4.39 Å². The van der Waals surface area contributed by atoms with E-state index in [-0.39, 0.29) is 11.9 Å². The molecule has 1 atom stereocenters. The van der Waals surface area contributed by atoms with Crippen LogP contribution in [0.25, 0.3) is 0 Å². The molecule has 1 heterocycles. The molecule has 0 fully saturated rings. The van der Waals surface area contributed by atoms with Gasteiger partial charge in [0.25, 0.3) is 0 Å². The maximum absolute atomic E-state index is 14.0. The van der Waals surface area contributed by atoms with Crippen molar-refractivity contribution in [2.75, 3.05) is 6.54 Å². The highest BCUT2D eigenvalue weighted by Gasteiger charge is 2.16. The SMILES string of the molecule is CCNC(C)c1c(F)cccc1Sc1nnc(C)s1. The van der Waals surface area contributed by atoms with Gasteiger partial charge >= 0.3 is 0 Å². The van der Waals surface area contributed by atoms with Gasteiger partial charge in [0.1, 0.15) is 10.8 Å². The van der Waals surface area contributed by atoms with Gasteiger partial charge in [-0.2, -0.15) is 0 Å². The van der Waals surface area contributed by atoms with Gasteiger partial charge in [0.15, 0.2) is 4.34 Å². The number of nitrogens with zero attached hydrogens (tertiary/aromatic N) is 2. The summed E-state index contributed by atoms with van der Waals surface area (Å²) in [7, 11) is 0. The first-order valence-electron chi connectivity index (χ1n) is 6.11. The molecule has 6 heteroatoms. The van der Waals surface area contributed by atoms with Crippen molar-refractivity contribution in [3.05, 3.63) is 34.6 Å². The van der Waals surface area contributed by atoms with Gasteiger partial charge in [-0.05, 0) is 32.5 Å². The summed E-state index contributed by atoms with van der Waals surface area (Å²) < 4.78 is 14.9. The van der Waals surface area contributed by atoms with Crippen LogP contribution in [-0.2, 0) is 0 Å². The van der Waals surface area contributed by atoms with E-state index in [0.29, 0.717) is 5.56 Å². The van der Waals surface area contributed by atoms with Crippen LogP contribution in [0, 0.1) is 12.7 Å². The topological polar surface area (TPSA) is 37.8 Å². The molecule has 0 spiro atoms. The van der Waals surface area contributed by atoms with E-state index in [1.807, 2.05) is 26.8 Å². The van der Waals surface area contributed by atoms with Crippen LogP contribution in [0.5, 0.6) is 0 Å². The van der Waals surface area contributed by atoms with Crippen molar-refractivity contribution in [1.29, 1.82) is 0 Å². The number of benzene rings is 1. The predicted octanol–water partition coefficient (Wildman–Crippen LogP) is 3.81. The highest BCUT2D eigenvalue weighted by Crippen LogP contribution is 2.35. The maximum Gasteiger partial charge on any atom is 0.179 e. The minimum Gasteiger partial charge on any atom is -0.310 e. The van der Waals surface area contributed by atoms with Gasteiger partial charge in [-0.1, -0.05) is 36.1 Å². The third-order valence-corrected chi connectivity index (χ3v) is 4.63. The highest BCUT2D eigenvalue weighted by molar-refractivity contribution is 8.01. The molecule has 2 rings (SSSR count). The fourth-order valence-electron chi connectivity index (χ4n) is 1.85. The van der Waals surface area contributed by atoms with Gasteiger partial charge in [-0.15, -0.1) is 10.2 Å². The third kappa shape index (κ3) is 3.52. The number of hydrogen-bond donors (Lipinski definition) is 1. The van der Waals surface area contributed by atoms with Gasteiger partial charge in [0.2, 0.25) is 0 Å². The van der Waals surface area contributed by atoms with E-state index >= 15 is 0 Å². The number of aryl methyl sites for hydroxylation is 1. The number of aromatic nitrogens is 2. The molecule has 0 bridgehead atoms. The van der Waals surface area contributed by atoms with Crippen LogP contribution in [0.15, 0.2) is 27.4 Å². The van der Waals surface area contributed by atoms with Crippen LogP contribution in [0.3, 0.4) is 0 Å². The predicted molar refractivity (Wildman–Crippen MR) is 77.3 cm³/mol. The van der Waals surface area contributed by atoms with Gasteiger partial charge in [0, 0.05) is 16.5 Å². The quantitative estimate of drug-likeness (QED) is 0.910. The van der Waals surface area contributed by atoms with Crippen LogP contribution in [0.1, 0.15) is 30.5 Å². The largest absolute Gasteiger partial charge is 0.310 e. The van der Waals surface area contributed by atoms with Gasteiger partial charge < -0.3 is 5.32 Å². The zero-order chi connectivity index (χ0) is 13.8. The summed E-state index contributed by atoms with van der Waals surface area (Å²) in [4.78, 5) is 0.893. The monoisotopic (exact) mass is 297 g/mol. The van der Waals surface area contributed by atoms with Crippen molar-refractivity contribution in [2.45, 2.75) is 36.0 Å². The molecule has 1 aromatic heterocycles. The molecule has 0 saturated heterocycles. The van der Waals surface area contributed by atoms with E-state index in [1.165, 1.54) is 29.2 Å². The second kappa shape index (κ2) is 6.45. The fraction of sp³-hybridized carbons (Fsp3) is 0.385. The van der Waals surface area contributed by atoms with E-state index in [2.05, 4.69) is 15.5 Å². The van der Waals surface area contributed by atoms with Crippen LogP contribution < -0.4 is 5.32 Å². The van der Waals surface area contributed by atoms with E-state index in [4.69, 9.17) is 0 Å². The Morgan fingerprint density at radius 1 is 1.42 bits per heavy atom. The average Bonchev–Trinajstić information content (AvgIpc) is 2.75. The fourth-order valence-corrected chi connectivity index (χ4v) is 3.86. The lowest BCUT2D eigenvalue weighted by molar-refractivity contribution is 0.531. The number of halogens is 1. The lowest BCUT2D eigenvalue weighted by atomic mass is 10.1. The Balaban J connectivity index is 2.31. The Morgan fingerprint density at radius 3 is 2.84 bits per heavy atom. The van der Waals surface area contributed by atoms with Gasteiger partial charge in [-0.3, -0.25) is 0 Å². The maximum atomic E-state index is 14.0. The number of nitrogens with one attached hydrogen (secondary N) is 1. The zero-order valence-electron chi connectivity index (χ0n) is 11.1. The average molecular weight is 297 g/mol. The molecule has 0 aliphatic rings. The number of rotatable bonds is 5. The van der Waals surface area contributed by atoms with Crippen molar-refractivity contribution < 1.29 is 4.39 Å². The molecule has 0 aliphatic heterocycles. The second-order valence-corrected chi connectivity index (χ2v) is 6.59. The molecule has 1 N–H and O–H groups in total. The summed E-state index contributed by atoms with van der Waals surface area (Å²) in [6.07, 6.45) is 0. The Kier molecular flexibility index (Phi) is 4.90. The molecule has 0 aliphatic carbocycles. The zero-order valence-corrected chi connectivity index (χ0v) is 12.7. The molecule has 2 aromatic rings. The van der Waals surface area contributed by atoms with Crippen molar-refractivity contribution in [3.8, 4) is 0 Å². The highest BCUT2D eigenvalue weighted by atomic mass is 32.2. The summed E-state index contributed by atoms with van der Waals surface area (Å²) in [6, 6.07) is 5.13. The van der Waals surface area contributed by atoms with Crippen molar-refractivity contribution in [2.24, 2.45) is 0 Å². The normalized spacial score (nSPS) is 12.6. The third-order valence-electron chi connectivity index (χ3n) is 2.66. The van der Waals surface area contributed by atoms with Crippen molar-refractivity contribution in [1.82, 2.24) is 15.5 Å². The summed E-state index contributed by atoms with van der Waals surface area (Å²) in [5, 5.41) is 12.2. The minimum absolute atomic E-state index is 0.0253. The summed E-state index contributed by atoms with van der Waals surface area (Å²) in [5.41, 5.74) is 0.696.